The van der Waals surface area contributed by atoms with E-state index in [4.69, 9.17) is 14.2 Å². The van der Waals surface area contributed by atoms with Crippen LogP contribution < -0.4 is 14.2 Å². The Bertz CT molecular complexity index is 1720. The molecule has 0 spiro atoms. The molecule has 0 aliphatic carbocycles. The minimum absolute atomic E-state index is 0.205. The van der Waals surface area contributed by atoms with Crippen LogP contribution in [0.15, 0.2) is 164 Å². The van der Waals surface area contributed by atoms with Gasteiger partial charge in [-0.25, -0.2) is 0 Å². The minimum atomic E-state index is -0.205. The van der Waals surface area contributed by atoms with Gasteiger partial charge < -0.3 is 14.2 Å². The molecule has 52 heavy (non-hydrogen) atoms. The highest BCUT2D eigenvalue weighted by Gasteiger charge is 2.31. The van der Waals surface area contributed by atoms with Crippen molar-refractivity contribution in [1.29, 1.82) is 0 Å². The molecule has 0 aliphatic rings. The Labute approximate surface area is 314 Å². The number of benzene rings is 6. The van der Waals surface area contributed by atoms with Crippen LogP contribution in [-0.4, -0.2) is 28.0 Å². The molecular formula is C47H52BO3P. The van der Waals surface area contributed by atoms with E-state index < -0.39 is 0 Å². The Morgan fingerprint density at radius 3 is 1.17 bits per heavy atom. The standard InChI is InChI=1S/C28H35BO3.C19H17P/c1-5-6-7-28(24-12-18-27(32-4)19-13-24)29(20-22-8-14-25(30-2)15-9-22)21-23-10-16-26(31-3)17-11-23;20-19(16-10-4-1-5-11-16,17-12-6-2-7-13-17)18-14-8-3-9-15-18/h8-19,28H,5-7,20-21H2,1-4H3;1-15H,20H2. The SMILES string of the molecule is CCCCC(B(Cc1ccc(OC)cc1)Cc1ccc(OC)cc1)c1ccc(OC)cc1.PC(c1ccccc1)(c1ccccc1)c1ccccc1. The summed E-state index contributed by atoms with van der Waals surface area (Å²) in [5.74, 6) is 3.19. The second kappa shape index (κ2) is 19.7. The lowest BCUT2D eigenvalue weighted by Crippen LogP contribution is -2.30. The summed E-state index contributed by atoms with van der Waals surface area (Å²) >= 11 is 0. The molecule has 2 unspecified atom stereocenters. The predicted molar refractivity (Wildman–Crippen MR) is 223 cm³/mol. The van der Waals surface area contributed by atoms with E-state index in [1.165, 1.54) is 52.6 Å². The first-order valence-corrected chi connectivity index (χ1v) is 18.9. The molecule has 5 heteroatoms. The van der Waals surface area contributed by atoms with E-state index in [-0.39, 0.29) is 5.16 Å². The number of rotatable bonds is 15. The van der Waals surface area contributed by atoms with Crippen molar-refractivity contribution in [2.75, 3.05) is 21.3 Å². The van der Waals surface area contributed by atoms with Crippen LogP contribution in [0.4, 0.5) is 0 Å². The summed E-state index contributed by atoms with van der Waals surface area (Å²) in [5.41, 5.74) is 7.93. The molecule has 0 aromatic heterocycles. The van der Waals surface area contributed by atoms with Crippen LogP contribution in [0.25, 0.3) is 0 Å². The zero-order valence-corrected chi connectivity index (χ0v) is 32.2. The fourth-order valence-electron chi connectivity index (χ4n) is 7.04. The maximum atomic E-state index is 5.40. The van der Waals surface area contributed by atoms with Gasteiger partial charge in [0.1, 0.15) is 17.2 Å². The first-order chi connectivity index (χ1) is 25.5. The molecule has 0 fully saturated rings. The molecule has 3 nitrogen and oxygen atoms in total. The summed E-state index contributed by atoms with van der Waals surface area (Å²) in [4.78, 5) is 0. The largest absolute Gasteiger partial charge is 0.497 e. The third kappa shape index (κ3) is 10.2. The maximum absolute atomic E-state index is 5.40. The molecular weight excluding hydrogens is 654 g/mol. The number of methoxy groups -OCH3 is 3. The lowest BCUT2D eigenvalue weighted by atomic mass is 9.34. The van der Waals surface area contributed by atoms with Gasteiger partial charge in [-0.1, -0.05) is 170 Å². The van der Waals surface area contributed by atoms with Gasteiger partial charge in [-0.05, 0) is 71.5 Å². The lowest BCUT2D eigenvalue weighted by Gasteiger charge is -2.31. The number of hydrogen-bond donors (Lipinski definition) is 0. The molecule has 0 amide bonds. The third-order valence-corrected chi connectivity index (χ3v) is 11.0. The summed E-state index contributed by atoms with van der Waals surface area (Å²) < 4.78 is 16.1. The molecule has 6 aromatic carbocycles. The molecule has 0 bridgehead atoms. The zero-order valence-electron chi connectivity index (χ0n) is 31.1. The fraction of sp³-hybridized carbons (Fsp3) is 0.234. The zero-order chi connectivity index (χ0) is 36.6. The summed E-state index contributed by atoms with van der Waals surface area (Å²) in [5, 5.41) is -0.205. The number of unbranched alkanes of at least 4 members (excludes halogenated alkanes) is 1. The van der Waals surface area contributed by atoms with Crippen LogP contribution in [0.5, 0.6) is 17.2 Å². The molecule has 0 aliphatic heterocycles. The van der Waals surface area contributed by atoms with Gasteiger partial charge in [-0.15, -0.1) is 9.24 Å². The van der Waals surface area contributed by atoms with E-state index in [0.717, 1.165) is 29.9 Å². The van der Waals surface area contributed by atoms with E-state index in [1.54, 1.807) is 21.3 Å². The van der Waals surface area contributed by atoms with Gasteiger partial charge in [0.2, 0.25) is 0 Å². The molecule has 2 atom stereocenters. The maximum Gasteiger partial charge on any atom is 0.157 e. The smallest absolute Gasteiger partial charge is 0.157 e. The topological polar surface area (TPSA) is 27.7 Å². The molecule has 0 saturated carbocycles. The molecule has 0 heterocycles. The predicted octanol–water partition coefficient (Wildman–Crippen LogP) is 11.4. The van der Waals surface area contributed by atoms with Gasteiger partial charge in [0.15, 0.2) is 6.71 Å². The monoisotopic (exact) mass is 706 g/mol. The normalized spacial score (nSPS) is 11.5. The van der Waals surface area contributed by atoms with Crippen LogP contribution in [0.2, 0.25) is 0 Å². The Balaban J connectivity index is 0.000000223. The van der Waals surface area contributed by atoms with Gasteiger partial charge in [-0.3, -0.25) is 0 Å². The van der Waals surface area contributed by atoms with Crippen LogP contribution >= 0.6 is 9.24 Å². The summed E-state index contributed by atoms with van der Waals surface area (Å²) in [6, 6.07) is 57.6. The van der Waals surface area contributed by atoms with Crippen molar-refractivity contribution in [1.82, 2.24) is 0 Å². The fourth-order valence-corrected chi connectivity index (χ4v) is 7.62. The number of hydrogen-bond acceptors (Lipinski definition) is 3. The Hall–Kier alpha value is -4.79. The van der Waals surface area contributed by atoms with Gasteiger partial charge >= 0.3 is 0 Å². The van der Waals surface area contributed by atoms with E-state index in [2.05, 4.69) is 180 Å². The van der Waals surface area contributed by atoms with Crippen LogP contribution in [0.1, 0.15) is 65.4 Å². The van der Waals surface area contributed by atoms with Crippen molar-refractivity contribution in [3.8, 4) is 17.2 Å². The average molecular weight is 707 g/mol. The van der Waals surface area contributed by atoms with Crippen molar-refractivity contribution in [2.45, 2.75) is 49.8 Å². The Morgan fingerprint density at radius 1 is 0.500 bits per heavy atom. The van der Waals surface area contributed by atoms with Gasteiger partial charge in [0.05, 0.1) is 26.5 Å². The van der Waals surface area contributed by atoms with Gasteiger partial charge in [0.25, 0.3) is 0 Å². The molecule has 6 aromatic rings. The van der Waals surface area contributed by atoms with E-state index >= 15 is 0 Å². The Kier molecular flexibility index (Phi) is 14.6. The summed E-state index contributed by atoms with van der Waals surface area (Å²) in [6.45, 7) is 2.75. The van der Waals surface area contributed by atoms with Gasteiger partial charge in [0, 0.05) is 0 Å². The van der Waals surface area contributed by atoms with Crippen molar-refractivity contribution in [3.63, 3.8) is 0 Å². The first-order valence-electron chi connectivity index (χ1n) is 18.3. The lowest BCUT2D eigenvalue weighted by molar-refractivity contribution is 0.414. The van der Waals surface area contributed by atoms with Gasteiger partial charge in [-0.2, -0.15) is 0 Å². The highest BCUT2D eigenvalue weighted by Crippen LogP contribution is 2.44. The first kappa shape index (κ1) is 38.4. The summed E-state index contributed by atoms with van der Waals surface area (Å²) in [7, 11) is 8.21. The highest BCUT2D eigenvalue weighted by atomic mass is 31.0. The van der Waals surface area contributed by atoms with Crippen molar-refractivity contribution < 1.29 is 14.2 Å². The molecule has 0 N–H and O–H groups in total. The highest BCUT2D eigenvalue weighted by molar-refractivity contribution is 7.19. The van der Waals surface area contributed by atoms with Crippen LogP contribution in [-0.2, 0) is 17.8 Å². The van der Waals surface area contributed by atoms with Crippen LogP contribution in [0.3, 0.4) is 0 Å². The summed E-state index contributed by atoms with van der Waals surface area (Å²) in [6.07, 6.45) is 5.65. The quantitative estimate of drug-likeness (QED) is 0.0604. The Morgan fingerprint density at radius 2 is 0.846 bits per heavy atom. The molecule has 0 radical (unpaired) electrons. The van der Waals surface area contributed by atoms with Crippen molar-refractivity contribution >= 4 is 16.0 Å². The van der Waals surface area contributed by atoms with E-state index in [9.17, 15) is 0 Å². The molecule has 6 rings (SSSR count). The van der Waals surface area contributed by atoms with Crippen LogP contribution in [0, 0.1) is 0 Å². The second-order valence-corrected chi connectivity index (χ2v) is 14.2. The molecule has 266 valence electrons. The van der Waals surface area contributed by atoms with Crippen molar-refractivity contribution in [3.05, 3.63) is 197 Å². The second-order valence-electron chi connectivity index (χ2n) is 13.3. The average Bonchev–Trinajstić information content (AvgIpc) is 3.22. The minimum Gasteiger partial charge on any atom is -0.497 e. The van der Waals surface area contributed by atoms with Crippen molar-refractivity contribution in [2.24, 2.45) is 0 Å². The molecule has 0 saturated heterocycles. The van der Waals surface area contributed by atoms with E-state index in [0.29, 0.717) is 12.5 Å². The third-order valence-electron chi connectivity index (χ3n) is 9.98. The number of ether oxygens (including phenoxy) is 3. The van der Waals surface area contributed by atoms with E-state index in [1.807, 2.05) is 0 Å².